The highest BCUT2D eigenvalue weighted by atomic mass is 31.1. The van der Waals surface area contributed by atoms with Crippen LogP contribution in [0.4, 0.5) is 17.5 Å². The van der Waals surface area contributed by atoms with Gasteiger partial charge in [0.2, 0.25) is 5.95 Å². The van der Waals surface area contributed by atoms with Gasteiger partial charge in [-0.15, -0.1) is 0 Å². The summed E-state index contributed by atoms with van der Waals surface area (Å²) >= 11 is 0. The Morgan fingerprint density at radius 2 is 1.85 bits per heavy atom. The van der Waals surface area contributed by atoms with E-state index in [1.807, 2.05) is 0 Å². The van der Waals surface area contributed by atoms with Gasteiger partial charge >= 0.3 is 5.97 Å². The fraction of sp³-hybridized carbons (Fsp3) is 0.333. The van der Waals surface area contributed by atoms with Crippen molar-refractivity contribution >= 4 is 49.0 Å². The van der Waals surface area contributed by atoms with E-state index in [-0.39, 0.29) is 11.8 Å². The van der Waals surface area contributed by atoms with Gasteiger partial charge in [-0.2, -0.15) is 9.97 Å². The highest BCUT2D eigenvalue weighted by molar-refractivity contribution is 7.23. The van der Waals surface area contributed by atoms with Crippen LogP contribution in [0.3, 0.4) is 0 Å². The van der Waals surface area contributed by atoms with Crippen LogP contribution in [0.5, 0.6) is 0 Å². The fourth-order valence-corrected chi connectivity index (χ4v) is 3.71. The highest BCUT2D eigenvalue weighted by Gasteiger charge is 2.20. The molecule has 180 valence electrons. The number of hydrogen-bond acceptors (Lipinski definition) is 10. The summed E-state index contributed by atoms with van der Waals surface area (Å²) in [5.74, 6) is -1.33. The maximum atomic E-state index is 12.4. The molecule has 0 aliphatic carbocycles. The number of aliphatic carboxylic acids is 1. The Morgan fingerprint density at radius 1 is 1.09 bits per heavy atom. The summed E-state index contributed by atoms with van der Waals surface area (Å²) in [6, 6.07) is 5.74. The standard InChI is InChI=1S/C21H27N8O4P/c22-17-16-18(29-21(23)28-17)25-11-14(26-16)8-9-24-13-6-4-12(5-7-13)19(30)27-15(20(31)32)3-1-2-10-34-33/h4-7,11,15,24H,1-3,8-10,34H2,(H,27,30)(H,31,32)(H4,22,23,25,28,29). The highest BCUT2D eigenvalue weighted by Crippen LogP contribution is 2.15. The van der Waals surface area contributed by atoms with Crippen molar-refractivity contribution in [2.75, 3.05) is 29.5 Å². The third kappa shape index (κ3) is 6.85. The number of carboxylic acids is 1. The Balaban J connectivity index is 1.52. The van der Waals surface area contributed by atoms with Crippen LogP contribution in [0.1, 0.15) is 35.3 Å². The normalized spacial score (nSPS) is 12.1. The third-order valence-corrected chi connectivity index (χ3v) is 5.67. The Bertz CT molecular complexity index is 1180. The van der Waals surface area contributed by atoms with Crippen molar-refractivity contribution in [3.8, 4) is 0 Å². The number of hydrogen-bond donors (Lipinski definition) is 5. The molecule has 0 spiro atoms. The van der Waals surface area contributed by atoms with Crippen molar-refractivity contribution in [1.29, 1.82) is 0 Å². The molecule has 0 aliphatic rings. The van der Waals surface area contributed by atoms with E-state index in [1.165, 1.54) is 0 Å². The average Bonchev–Trinajstić information content (AvgIpc) is 2.81. The summed E-state index contributed by atoms with van der Waals surface area (Å²) in [5, 5.41) is 15.1. The van der Waals surface area contributed by atoms with Gasteiger partial charge in [-0.05, 0) is 43.3 Å². The molecular weight excluding hydrogens is 459 g/mol. The molecule has 0 saturated carbocycles. The number of carboxylic acid groups (broad SMARTS) is 1. The summed E-state index contributed by atoms with van der Waals surface area (Å²) in [7, 11) is -0.830. The van der Waals surface area contributed by atoms with Crippen LogP contribution in [0.2, 0.25) is 0 Å². The molecule has 12 nitrogen and oxygen atoms in total. The Morgan fingerprint density at radius 3 is 2.56 bits per heavy atom. The van der Waals surface area contributed by atoms with Gasteiger partial charge in [0.1, 0.15) is 6.04 Å². The van der Waals surface area contributed by atoms with Gasteiger partial charge in [-0.3, -0.25) is 4.79 Å². The molecule has 3 aromatic rings. The summed E-state index contributed by atoms with van der Waals surface area (Å²) in [6.45, 7) is 0.549. The SMILES string of the molecule is Nc1nc(N)c2nc(CCNc3ccc(C(=O)NC(CCCC[PH2]=O)C(=O)O)cc3)cnc2n1. The van der Waals surface area contributed by atoms with Crippen molar-refractivity contribution in [2.24, 2.45) is 0 Å². The van der Waals surface area contributed by atoms with Crippen LogP contribution in [0.25, 0.3) is 11.2 Å². The van der Waals surface area contributed by atoms with E-state index in [4.69, 9.17) is 11.5 Å². The minimum Gasteiger partial charge on any atom is -0.480 e. The molecule has 0 aliphatic heterocycles. The van der Waals surface area contributed by atoms with Gasteiger partial charge in [0.25, 0.3) is 5.91 Å². The molecule has 1 amide bonds. The van der Waals surface area contributed by atoms with Gasteiger partial charge in [-0.1, -0.05) is 6.42 Å². The number of unbranched alkanes of at least 4 members (excludes halogenated alkanes) is 1. The first kappa shape index (κ1) is 24.8. The topological polar surface area (TPSA) is 199 Å². The van der Waals surface area contributed by atoms with Crippen LogP contribution in [-0.4, -0.2) is 55.7 Å². The zero-order valence-electron chi connectivity index (χ0n) is 18.4. The Hall–Kier alpha value is -3.79. The van der Waals surface area contributed by atoms with Gasteiger partial charge in [0, 0.05) is 24.2 Å². The van der Waals surface area contributed by atoms with E-state index >= 15 is 0 Å². The number of fused-ring (bicyclic) bond motifs is 1. The fourth-order valence-electron chi connectivity index (χ4n) is 3.25. The number of anilines is 3. The lowest BCUT2D eigenvalue weighted by Gasteiger charge is -2.14. The molecule has 34 heavy (non-hydrogen) atoms. The molecule has 13 heteroatoms. The van der Waals surface area contributed by atoms with Crippen LogP contribution < -0.4 is 22.1 Å². The minimum absolute atomic E-state index is 0.0426. The lowest BCUT2D eigenvalue weighted by molar-refractivity contribution is -0.139. The zero-order valence-corrected chi connectivity index (χ0v) is 19.6. The van der Waals surface area contributed by atoms with E-state index in [0.717, 1.165) is 5.69 Å². The number of amides is 1. The third-order valence-electron chi connectivity index (χ3n) is 5.03. The van der Waals surface area contributed by atoms with Gasteiger partial charge in [0.15, 0.2) is 17.0 Å². The first-order valence-electron chi connectivity index (χ1n) is 10.7. The predicted molar refractivity (Wildman–Crippen MR) is 131 cm³/mol. The van der Waals surface area contributed by atoms with Crippen molar-refractivity contribution < 1.29 is 19.3 Å². The smallest absolute Gasteiger partial charge is 0.326 e. The number of aromatic nitrogens is 4. The lowest BCUT2D eigenvalue weighted by Crippen LogP contribution is -2.40. The van der Waals surface area contributed by atoms with Gasteiger partial charge in [0.05, 0.1) is 20.4 Å². The molecule has 2 unspecified atom stereocenters. The Labute approximate surface area is 196 Å². The number of nitrogens with two attached hydrogens (primary N) is 2. The second kappa shape index (κ2) is 11.9. The predicted octanol–water partition coefficient (Wildman–Crippen LogP) is 1.35. The van der Waals surface area contributed by atoms with E-state index < -0.39 is 26.4 Å². The second-order valence-electron chi connectivity index (χ2n) is 7.57. The first-order valence-corrected chi connectivity index (χ1v) is 12.0. The monoisotopic (exact) mass is 486 g/mol. The van der Waals surface area contributed by atoms with E-state index in [1.54, 1.807) is 30.5 Å². The Kier molecular flexibility index (Phi) is 8.69. The molecule has 3 rings (SSSR count). The van der Waals surface area contributed by atoms with E-state index in [2.05, 4.69) is 30.6 Å². The number of benzene rings is 1. The summed E-state index contributed by atoms with van der Waals surface area (Å²) in [5.41, 5.74) is 14.0. The number of nitrogens with zero attached hydrogens (tertiary/aromatic N) is 4. The van der Waals surface area contributed by atoms with Gasteiger partial charge in [-0.25, -0.2) is 14.8 Å². The van der Waals surface area contributed by atoms with Crippen molar-refractivity contribution in [3.05, 3.63) is 41.7 Å². The molecule has 0 radical (unpaired) electrons. The first-order chi connectivity index (χ1) is 16.4. The summed E-state index contributed by atoms with van der Waals surface area (Å²) < 4.78 is 10.6. The second-order valence-corrected chi connectivity index (χ2v) is 8.48. The molecule has 0 fully saturated rings. The van der Waals surface area contributed by atoms with Crippen molar-refractivity contribution in [3.63, 3.8) is 0 Å². The molecule has 2 aromatic heterocycles. The quantitative estimate of drug-likeness (QED) is 0.183. The summed E-state index contributed by atoms with van der Waals surface area (Å²) in [6.07, 6.45) is 4.31. The number of carbonyl (C=O) groups excluding carboxylic acids is 1. The molecule has 0 bridgehead atoms. The van der Waals surface area contributed by atoms with E-state index in [0.29, 0.717) is 60.8 Å². The van der Waals surface area contributed by atoms with E-state index in [9.17, 15) is 19.3 Å². The van der Waals surface area contributed by atoms with Crippen LogP contribution in [-0.2, 0) is 15.8 Å². The zero-order chi connectivity index (χ0) is 24.5. The number of carbonyl (C=O) groups is 2. The number of rotatable bonds is 12. The number of nitrogen functional groups attached to an aromatic ring is 2. The van der Waals surface area contributed by atoms with Crippen LogP contribution in [0.15, 0.2) is 30.5 Å². The molecule has 2 atom stereocenters. The maximum absolute atomic E-state index is 12.4. The van der Waals surface area contributed by atoms with Crippen LogP contribution >= 0.6 is 8.46 Å². The summed E-state index contributed by atoms with van der Waals surface area (Å²) in [4.78, 5) is 40.4. The maximum Gasteiger partial charge on any atom is 0.326 e. The van der Waals surface area contributed by atoms with Crippen molar-refractivity contribution in [2.45, 2.75) is 31.7 Å². The molecule has 0 saturated heterocycles. The van der Waals surface area contributed by atoms with Crippen molar-refractivity contribution in [1.82, 2.24) is 25.3 Å². The molecule has 1 aromatic carbocycles. The largest absolute Gasteiger partial charge is 0.480 e. The average molecular weight is 486 g/mol. The molecular formula is C21H27N8O4P. The van der Waals surface area contributed by atoms with Gasteiger partial charge < -0.3 is 31.8 Å². The van der Waals surface area contributed by atoms with Crippen LogP contribution in [0, 0.1) is 0 Å². The minimum atomic E-state index is -1.09. The number of nitrogens with one attached hydrogen (secondary N) is 2. The molecule has 2 heterocycles. The lowest BCUT2D eigenvalue weighted by atomic mass is 10.1. The molecule has 7 N–H and O–H groups in total.